The zero-order valence-electron chi connectivity index (χ0n) is 12.0. The normalized spacial score (nSPS) is 12.3. The largest absolute Gasteiger partial charge is 0.370 e. The molecule has 1 rings (SSSR count). The van der Waals surface area contributed by atoms with Crippen molar-refractivity contribution in [1.29, 1.82) is 0 Å². The molecule has 0 aliphatic heterocycles. The van der Waals surface area contributed by atoms with Gasteiger partial charge in [-0.3, -0.25) is 4.79 Å². The molecular formula is C14H22ClN3O. The van der Waals surface area contributed by atoms with Gasteiger partial charge in [0.1, 0.15) is 5.82 Å². The summed E-state index contributed by atoms with van der Waals surface area (Å²) in [5.74, 6) is 1.05. The van der Waals surface area contributed by atoms with E-state index >= 15 is 0 Å². The Morgan fingerprint density at radius 2 is 2.11 bits per heavy atom. The fourth-order valence-electron chi connectivity index (χ4n) is 1.96. The number of nitrogens with one attached hydrogen (secondary N) is 2. The molecular weight excluding hydrogens is 262 g/mol. The van der Waals surface area contributed by atoms with Crippen LogP contribution in [0.25, 0.3) is 0 Å². The Labute approximate surface area is 120 Å². The maximum absolute atomic E-state index is 12.2. The number of hydrogen-bond acceptors (Lipinski definition) is 3. The molecule has 0 bridgehead atoms. The summed E-state index contributed by atoms with van der Waals surface area (Å²) in [6.45, 7) is 8.98. The number of rotatable bonds is 6. The topological polar surface area (TPSA) is 54.0 Å². The lowest BCUT2D eigenvalue weighted by molar-refractivity contribution is 0.0936. The summed E-state index contributed by atoms with van der Waals surface area (Å²) in [5, 5.41) is 6.40. The predicted molar refractivity (Wildman–Crippen MR) is 79.8 cm³/mol. The monoisotopic (exact) mass is 283 g/mol. The van der Waals surface area contributed by atoms with E-state index in [9.17, 15) is 4.79 Å². The summed E-state index contributed by atoms with van der Waals surface area (Å²) in [7, 11) is 0. The maximum Gasteiger partial charge on any atom is 0.253 e. The second kappa shape index (κ2) is 7.34. The van der Waals surface area contributed by atoms with E-state index in [1.807, 2.05) is 13.8 Å². The first-order chi connectivity index (χ1) is 8.93. The smallest absolute Gasteiger partial charge is 0.253 e. The van der Waals surface area contributed by atoms with E-state index in [0.29, 0.717) is 22.3 Å². The molecule has 0 saturated heterocycles. The molecule has 0 radical (unpaired) electrons. The van der Waals surface area contributed by atoms with Crippen LogP contribution in [-0.2, 0) is 0 Å². The van der Waals surface area contributed by atoms with Crippen LogP contribution in [0.15, 0.2) is 12.3 Å². The average Bonchev–Trinajstić information content (AvgIpc) is 2.30. The van der Waals surface area contributed by atoms with E-state index in [4.69, 9.17) is 11.6 Å². The standard InChI is InChI=1S/C14H22ClN3O/c1-5-16-13-7-11(12(15)8-17-13)14(19)18-10(4)6-9(2)3/h7-10H,5-6H2,1-4H3,(H,16,17)(H,18,19). The van der Waals surface area contributed by atoms with Crippen LogP contribution in [0.2, 0.25) is 5.02 Å². The molecule has 1 aromatic heterocycles. The maximum atomic E-state index is 12.2. The number of halogens is 1. The number of nitrogens with zero attached hydrogens (tertiary/aromatic N) is 1. The van der Waals surface area contributed by atoms with Crippen LogP contribution in [0.1, 0.15) is 44.5 Å². The summed E-state index contributed by atoms with van der Waals surface area (Å²) in [6, 6.07) is 1.81. The molecule has 0 aliphatic carbocycles. The van der Waals surface area contributed by atoms with Crippen LogP contribution < -0.4 is 10.6 Å². The van der Waals surface area contributed by atoms with Crippen molar-refractivity contribution in [2.24, 2.45) is 5.92 Å². The van der Waals surface area contributed by atoms with E-state index < -0.39 is 0 Å². The highest BCUT2D eigenvalue weighted by atomic mass is 35.5. The van der Waals surface area contributed by atoms with Crippen LogP contribution >= 0.6 is 11.6 Å². The highest BCUT2D eigenvalue weighted by Gasteiger charge is 2.15. The van der Waals surface area contributed by atoms with Gasteiger partial charge in [0.2, 0.25) is 0 Å². The Morgan fingerprint density at radius 3 is 2.68 bits per heavy atom. The van der Waals surface area contributed by atoms with Crippen molar-refractivity contribution in [3.8, 4) is 0 Å². The Balaban J connectivity index is 2.78. The molecule has 0 spiro atoms. The third-order valence-corrected chi connectivity index (χ3v) is 2.96. The molecule has 4 nitrogen and oxygen atoms in total. The summed E-state index contributed by atoms with van der Waals surface area (Å²) >= 11 is 6.03. The van der Waals surface area contributed by atoms with Crippen molar-refractivity contribution in [3.05, 3.63) is 22.8 Å². The molecule has 0 saturated carbocycles. The van der Waals surface area contributed by atoms with Crippen molar-refractivity contribution in [1.82, 2.24) is 10.3 Å². The third kappa shape index (κ3) is 5.07. The second-order valence-corrected chi connectivity index (χ2v) is 5.49. The van der Waals surface area contributed by atoms with Crippen LogP contribution in [-0.4, -0.2) is 23.5 Å². The summed E-state index contributed by atoms with van der Waals surface area (Å²) in [6.07, 6.45) is 2.44. The van der Waals surface area contributed by atoms with Gasteiger partial charge in [0.25, 0.3) is 5.91 Å². The lowest BCUT2D eigenvalue weighted by Gasteiger charge is -2.16. The molecule has 1 aromatic rings. The summed E-state index contributed by atoms with van der Waals surface area (Å²) in [4.78, 5) is 16.3. The van der Waals surface area contributed by atoms with Gasteiger partial charge >= 0.3 is 0 Å². The van der Waals surface area contributed by atoms with Gasteiger partial charge < -0.3 is 10.6 Å². The van der Waals surface area contributed by atoms with E-state index in [2.05, 4.69) is 29.5 Å². The van der Waals surface area contributed by atoms with Gasteiger partial charge in [-0.05, 0) is 32.3 Å². The van der Waals surface area contributed by atoms with Gasteiger partial charge in [0.05, 0.1) is 10.6 Å². The molecule has 1 amide bonds. The molecule has 1 atom stereocenters. The SMILES string of the molecule is CCNc1cc(C(=O)NC(C)CC(C)C)c(Cl)cn1. The van der Waals surface area contributed by atoms with Crippen molar-refractivity contribution in [3.63, 3.8) is 0 Å². The fraction of sp³-hybridized carbons (Fsp3) is 0.571. The molecule has 0 aromatic carbocycles. The second-order valence-electron chi connectivity index (χ2n) is 5.08. The lowest BCUT2D eigenvalue weighted by Crippen LogP contribution is -2.33. The Kier molecular flexibility index (Phi) is 6.09. The van der Waals surface area contributed by atoms with Gasteiger partial charge in [-0.15, -0.1) is 0 Å². The first-order valence-electron chi connectivity index (χ1n) is 6.64. The molecule has 19 heavy (non-hydrogen) atoms. The summed E-state index contributed by atoms with van der Waals surface area (Å²) in [5.41, 5.74) is 0.461. The van der Waals surface area contributed by atoms with Crippen LogP contribution in [0, 0.1) is 5.92 Å². The van der Waals surface area contributed by atoms with E-state index in [1.54, 1.807) is 6.07 Å². The Morgan fingerprint density at radius 1 is 1.42 bits per heavy atom. The van der Waals surface area contributed by atoms with E-state index in [0.717, 1.165) is 13.0 Å². The number of hydrogen-bond donors (Lipinski definition) is 2. The number of pyridine rings is 1. The highest BCUT2D eigenvalue weighted by Crippen LogP contribution is 2.18. The molecule has 1 unspecified atom stereocenters. The minimum Gasteiger partial charge on any atom is -0.370 e. The van der Waals surface area contributed by atoms with Gasteiger partial charge in [-0.1, -0.05) is 25.4 Å². The van der Waals surface area contributed by atoms with Gasteiger partial charge in [0.15, 0.2) is 0 Å². The van der Waals surface area contributed by atoms with Crippen LogP contribution in [0.5, 0.6) is 0 Å². The van der Waals surface area contributed by atoms with Crippen molar-refractivity contribution >= 4 is 23.3 Å². The third-order valence-electron chi connectivity index (χ3n) is 2.66. The molecule has 0 fully saturated rings. The summed E-state index contributed by atoms with van der Waals surface area (Å²) < 4.78 is 0. The number of anilines is 1. The van der Waals surface area contributed by atoms with Crippen LogP contribution in [0.4, 0.5) is 5.82 Å². The molecule has 1 heterocycles. The number of amides is 1. The number of carbonyl (C=O) groups excluding carboxylic acids is 1. The minimum atomic E-state index is -0.153. The van der Waals surface area contributed by atoms with E-state index in [-0.39, 0.29) is 11.9 Å². The van der Waals surface area contributed by atoms with Gasteiger partial charge in [-0.2, -0.15) is 0 Å². The number of aromatic nitrogens is 1. The predicted octanol–water partition coefficient (Wildman–Crippen LogP) is 3.33. The van der Waals surface area contributed by atoms with Crippen molar-refractivity contribution in [2.45, 2.75) is 40.2 Å². The number of carbonyl (C=O) groups is 1. The van der Waals surface area contributed by atoms with Crippen LogP contribution in [0.3, 0.4) is 0 Å². The van der Waals surface area contributed by atoms with Crippen molar-refractivity contribution < 1.29 is 4.79 Å². The zero-order chi connectivity index (χ0) is 14.4. The first kappa shape index (κ1) is 15.8. The average molecular weight is 284 g/mol. The molecule has 0 aliphatic rings. The Hall–Kier alpha value is -1.29. The fourth-order valence-corrected chi connectivity index (χ4v) is 2.15. The minimum absolute atomic E-state index is 0.124. The van der Waals surface area contributed by atoms with E-state index in [1.165, 1.54) is 6.20 Å². The molecule has 106 valence electrons. The highest BCUT2D eigenvalue weighted by molar-refractivity contribution is 6.33. The van der Waals surface area contributed by atoms with Gasteiger partial charge in [-0.25, -0.2) is 4.98 Å². The first-order valence-corrected chi connectivity index (χ1v) is 7.02. The lowest BCUT2D eigenvalue weighted by atomic mass is 10.0. The Bertz CT molecular complexity index is 435. The molecule has 5 heteroatoms. The zero-order valence-corrected chi connectivity index (χ0v) is 12.7. The quantitative estimate of drug-likeness (QED) is 0.842. The van der Waals surface area contributed by atoms with Crippen molar-refractivity contribution in [2.75, 3.05) is 11.9 Å². The molecule has 2 N–H and O–H groups in total. The van der Waals surface area contributed by atoms with Gasteiger partial charge in [0, 0.05) is 18.8 Å².